The molecule has 30 heavy (non-hydrogen) atoms. The van der Waals surface area contributed by atoms with Crippen LogP contribution in [-0.2, 0) is 6.18 Å². The molecule has 0 bridgehead atoms. The van der Waals surface area contributed by atoms with E-state index in [1.165, 1.54) is 23.6 Å². The lowest BCUT2D eigenvalue weighted by Gasteiger charge is -2.34. The van der Waals surface area contributed by atoms with Gasteiger partial charge in [0.15, 0.2) is 0 Å². The topological polar surface area (TPSA) is 45.2 Å². The highest BCUT2D eigenvalue weighted by Gasteiger charge is 2.39. The molecule has 0 saturated carbocycles. The van der Waals surface area contributed by atoms with Crippen LogP contribution in [0.3, 0.4) is 0 Å². The van der Waals surface area contributed by atoms with Crippen LogP contribution >= 0.6 is 11.8 Å². The normalized spacial score (nSPS) is 16.4. The van der Waals surface area contributed by atoms with E-state index in [0.29, 0.717) is 11.9 Å². The van der Waals surface area contributed by atoms with Crippen molar-refractivity contribution in [2.75, 3.05) is 29.6 Å². The summed E-state index contributed by atoms with van der Waals surface area (Å²) < 4.78 is 67.3. The summed E-state index contributed by atoms with van der Waals surface area (Å²) in [7, 11) is 0. The Labute approximate surface area is 174 Å². The number of carbonyl (C=O) groups is 1. The monoisotopic (exact) mass is 445 g/mol. The number of rotatable bonds is 4. The van der Waals surface area contributed by atoms with Gasteiger partial charge in [-0.2, -0.15) is 13.2 Å². The largest absolute Gasteiger partial charge is 0.418 e. The molecule has 3 rings (SSSR count). The van der Waals surface area contributed by atoms with Crippen LogP contribution in [0.2, 0.25) is 0 Å². The molecule has 1 aliphatic rings. The molecule has 1 fully saturated rings. The number of piperidine rings is 1. The van der Waals surface area contributed by atoms with Crippen LogP contribution < -0.4 is 10.2 Å². The molecule has 0 spiro atoms. The van der Waals surface area contributed by atoms with Crippen LogP contribution in [0, 0.1) is 6.92 Å². The molecule has 1 saturated heterocycles. The molecule has 1 aliphatic heterocycles. The number of anilines is 2. The third-order valence-electron chi connectivity index (χ3n) is 4.97. The van der Waals surface area contributed by atoms with Gasteiger partial charge in [0.25, 0.3) is 11.8 Å². The molecular formula is C20H20F5N3OS. The summed E-state index contributed by atoms with van der Waals surface area (Å²) >= 11 is 1.45. The van der Waals surface area contributed by atoms with E-state index in [0.717, 1.165) is 4.90 Å². The van der Waals surface area contributed by atoms with Gasteiger partial charge in [0.2, 0.25) is 0 Å². The average Bonchev–Trinajstić information content (AvgIpc) is 2.66. The lowest BCUT2D eigenvalue weighted by molar-refractivity contribution is -0.138. The zero-order valence-electron chi connectivity index (χ0n) is 16.3. The van der Waals surface area contributed by atoms with Gasteiger partial charge in [-0.25, -0.2) is 13.8 Å². The van der Waals surface area contributed by atoms with Gasteiger partial charge in [-0.3, -0.25) is 4.79 Å². The maximum Gasteiger partial charge on any atom is 0.418 e. The number of nitrogens with zero attached hydrogens (tertiary/aromatic N) is 2. The van der Waals surface area contributed by atoms with Gasteiger partial charge in [-0.1, -0.05) is 6.07 Å². The highest BCUT2D eigenvalue weighted by atomic mass is 32.2. The highest BCUT2D eigenvalue weighted by molar-refractivity contribution is 7.98. The molecule has 0 radical (unpaired) electrons. The number of alkyl halides is 5. The predicted octanol–water partition coefficient (Wildman–Crippen LogP) is 5.62. The molecule has 1 aromatic heterocycles. The Kier molecular flexibility index (Phi) is 6.26. The van der Waals surface area contributed by atoms with Gasteiger partial charge in [0, 0.05) is 42.7 Å². The smallest absolute Gasteiger partial charge is 0.355 e. The van der Waals surface area contributed by atoms with Crippen molar-refractivity contribution in [3.63, 3.8) is 0 Å². The van der Waals surface area contributed by atoms with Gasteiger partial charge in [0.1, 0.15) is 5.82 Å². The van der Waals surface area contributed by atoms with E-state index >= 15 is 0 Å². The molecular weight excluding hydrogens is 425 g/mol. The summed E-state index contributed by atoms with van der Waals surface area (Å²) in [6.45, 7) is 0.986. The molecule has 162 valence electrons. The predicted molar refractivity (Wildman–Crippen MR) is 107 cm³/mol. The molecule has 0 aliphatic carbocycles. The molecule has 0 atom stereocenters. The van der Waals surface area contributed by atoms with E-state index in [-0.39, 0.29) is 30.0 Å². The Bertz CT molecular complexity index is 939. The van der Waals surface area contributed by atoms with Crippen molar-refractivity contribution in [1.82, 2.24) is 4.98 Å². The van der Waals surface area contributed by atoms with E-state index in [1.807, 2.05) is 12.3 Å². The zero-order valence-corrected chi connectivity index (χ0v) is 17.1. The molecule has 1 aromatic carbocycles. The van der Waals surface area contributed by atoms with Gasteiger partial charge in [-0.05, 0) is 36.9 Å². The van der Waals surface area contributed by atoms with Gasteiger partial charge in [0.05, 0.1) is 11.1 Å². The van der Waals surface area contributed by atoms with Crippen LogP contribution in [0.4, 0.5) is 33.5 Å². The number of pyridine rings is 1. The van der Waals surface area contributed by atoms with Crippen molar-refractivity contribution in [1.29, 1.82) is 0 Å². The van der Waals surface area contributed by atoms with E-state index in [9.17, 15) is 26.7 Å². The molecule has 2 aromatic rings. The second kappa shape index (κ2) is 8.41. The summed E-state index contributed by atoms with van der Waals surface area (Å²) in [6.07, 6.45) is -3.09. The average molecular weight is 445 g/mol. The number of thioether (sulfide) groups is 1. The van der Waals surface area contributed by atoms with Gasteiger partial charge >= 0.3 is 6.18 Å². The van der Waals surface area contributed by atoms with E-state index < -0.39 is 36.4 Å². The minimum absolute atomic E-state index is 0.0190. The first-order valence-electron chi connectivity index (χ1n) is 9.17. The second-order valence-electron chi connectivity index (χ2n) is 7.02. The van der Waals surface area contributed by atoms with Crippen LogP contribution in [0.25, 0.3) is 0 Å². The van der Waals surface area contributed by atoms with Crippen molar-refractivity contribution >= 4 is 29.2 Å². The third kappa shape index (κ3) is 4.85. The SMILES string of the molecule is CSc1cccc(NC(=O)c2c(N3CCC(F)(F)CC3)ncc(C(F)(F)F)c2C)c1. The van der Waals surface area contributed by atoms with Crippen LogP contribution in [0.15, 0.2) is 35.4 Å². The number of hydrogen-bond acceptors (Lipinski definition) is 4. The summed E-state index contributed by atoms with van der Waals surface area (Å²) in [4.78, 5) is 19.2. The fourth-order valence-corrected chi connectivity index (χ4v) is 3.79. The first-order valence-corrected chi connectivity index (χ1v) is 10.4. The Morgan fingerprint density at radius 3 is 2.50 bits per heavy atom. The molecule has 10 heteroatoms. The fraction of sp³-hybridized carbons (Fsp3) is 0.400. The second-order valence-corrected chi connectivity index (χ2v) is 7.90. The number of nitrogens with one attached hydrogen (secondary N) is 1. The highest BCUT2D eigenvalue weighted by Crippen LogP contribution is 2.37. The summed E-state index contributed by atoms with van der Waals surface area (Å²) in [5.74, 6) is -3.62. The number of halogens is 5. The van der Waals surface area contributed by atoms with Crippen molar-refractivity contribution in [2.45, 2.75) is 36.8 Å². The summed E-state index contributed by atoms with van der Waals surface area (Å²) in [5.41, 5.74) is -1.16. The first kappa shape index (κ1) is 22.3. The number of hydrogen-bond donors (Lipinski definition) is 1. The van der Waals surface area contributed by atoms with Crippen LogP contribution in [0.5, 0.6) is 0 Å². The van der Waals surface area contributed by atoms with Gasteiger partial charge < -0.3 is 10.2 Å². The quantitative estimate of drug-likeness (QED) is 0.490. The van der Waals surface area contributed by atoms with Crippen molar-refractivity contribution in [3.05, 3.63) is 47.2 Å². The standard InChI is InChI=1S/C20H20F5N3OS/c1-12-15(20(23,24)25)11-26-17(28-8-6-19(21,22)7-9-28)16(12)18(29)27-13-4-3-5-14(10-13)30-2/h3-5,10-11H,6-9H2,1-2H3,(H,27,29). The molecule has 0 unspecified atom stereocenters. The van der Waals surface area contributed by atoms with Crippen molar-refractivity contribution in [2.24, 2.45) is 0 Å². The number of amides is 1. The molecule has 1 amide bonds. The summed E-state index contributed by atoms with van der Waals surface area (Å²) in [6, 6.07) is 6.86. The maximum absolute atomic E-state index is 13.5. The number of carbonyl (C=O) groups excluding carboxylic acids is 1. The molecule has 2 heterocycles. The van der Waals surface area contributed by atoms with E-state index in [1.54, 1.807) is 18.2 Å². The van der Waals surface area contributed by atoms with Crippen LogP contribution in [0.1, 0.15) is 34.3 Å². The van der Waals surface area contributed by atoms with E-state index in [2.05, 4.69) is 10.3 Å². The van der Waals surface area contributed by atoms with Crippen molar-refractivity contribution < 1.29 is 26.7 Å². The fourth-order valence-electron chi connectivity index (χ4n) is 3.33. The zero-order chi connectivity index (χ0) is 22.1. The summed E-state index contributed by atoms with van der Waals surface area (Å²) in [5, 5.41) is 2.61. The number of aromatic nitrogens is 1. The maximum atomic E-state index is 13.5. The Hall–Kier alpha value is -2.36. The Morgan fingerprint density at radius 2 is 1.90 bits per heavy atom. The minimum Gasteiger partial charge on any atom is -0.355 e. The van der Waals surface area contributed by atoms with E-state index in [4.69, 9.17) is 0 Å². The number of benzene rings is 1. The van der Waals surface area contributed by atoms with Crippen molar-refractivity contribution in [3.8, 4) is 0 Å². The Morgan fingerprint density at radius 1 is 1.23 bits per heavy atom. The van der Waals surface area contributed by atoms with Gasteiger partial charge in [-0.15, -0.1) is 11.8 Å². The lowest BCUT2D eigenvalue weighted by Crippen LogP contribution is -2.41. The minimum atomic E-state index is -4.70. The van der Waals surface area contributed by atoms with Crippen LogP contribution in [-0.4, -0.2) is 36.2 Å². The third-order valence-corrected chi connectivity index (χ3v) is 5.70. The first-order chi connectivity index (χ1) is 14.0. The Balaban J connectivity index is 2.01. The lowest BCUT2D eigenvalue weighted by atomic mass is 10.0. The molecule has 1 N–H and O–H groups in total. The molecule has 4 nitrogen and oxygen atoms in total.